The molecular weight excluding hydrogens is 258 g/mol. The molecule has 1 N–H and O–H groups in total. The molecule has 0 aliphatic heterocycles. The maximum absolute atomic E-state index is 11.0. The van der Waals surface area contributed by atoms with Gasteiger partial charge in [-0.25, -0.2) is 0 Å². The van der Waals surface area contributed by atoms with Crippen molar-refractivity contribution in [2.24, 2.45) is 0 Å². The number of hydrogen-bond donors (Lipinski definition) is 1. The second-order valence-corrected chi connectivity index (χ2v) is 4.40. The molecule has 0 bridgehead atoms. The van der Waals surface area contributed by atoms with Crippen molar-refractivity contribution in [1.29, 1.82) is 0 Å². The number of nitro groups is 1. The van der Waals surface area contributed by atoms with E-state index in [0.29, 0.717) is 17.7 Å². The molecule has 0 aliphatic rings. The third-order valence-corrected chi connectivity index (χ3v) is 2.93. The van der Waals surface area contributed by atoms with Crippen molar-refractivity contribution in [3.05, 3.63) is 63.7 Å². The van der Waals surface area contributed by atoms with E-state index in [1.807, 2.05) is 12.1 Å². The van der Waals surface area contributed by atoms with Crippen LogP contribution in [0.2, 0.25) is 0 Å². The number of benzene rings is 2. The Bertz CT molecular complexity index is 608. The Balaban J connectivity index is 2.27. The minimum Gasteiger partial charge on any atom is -0.450 e. The number of aryl methyl sites for hydroxylation is 1. The van der Waals surface area contributed by atoms with Gasteiger partial charge < -0.3 is 9.84 Å². The Morgan fingerprint density at radius 2 is 1.90 bits per heavy atom. The smallest absolute Gasteiger partial charge is 0.311 e. The highest BCUT2D eigenvalue weighted by Gasteiger charge is 2.17. The van der Waals surface area contributed by atoms with Gasteiger partial charge in [0.1, 0.15) is 5.75 Å². The van der Waals surface area contributed by atoms with Crippen LogP contribution in [0.5, 0.6) is 11.5 Å². The van der Waals surface area contributed by atoms with Gasteiger partial charge in [0.25, 0.3) is 0 Å². The zero-order valence-electron chi connectivity index (χ0n) is 11.1. The maximum Gasteiger partial charge on any atom is 0.311 e. The highest BCUT2D eigenvalue weighted by Crippen LogP contribution is 2.34. The Morgan fingerprint density at radius 1 is 1.20 bits per heavy atom. The van der Waals surface area contributed by atoms with Crippen LogP contribution in [0.4, 0.5) is 5.69 Å². The lowest BCUT2D eigenvalue weighted by Crippen LogP contribution is -1.96. The molecule has 0 aliphatic carbocycles. The van der Waals surface area contributed by atoms with Crippen molar-refractivity contribution in [3.8, 4) is 11.5 Å². The quantitative estimate of drug-likeness (QED) is 0.670. The number of rotatable bonds is 5. The van der Waals surface area contributed by atoms with Gasteiger partial charge in [-0.05, 0) is 36.6 Å². The van der Waals surface area contributed by atoms with E-state index >= 15 is 0 Å². The topological polar surface area (TPSA) is 72.6 Å². The number of hydrogen-bond acceptors (Lipinski definition) is 4. The highest BCUT2D eigenvalue weighted by atomic mass is 16.6. The molecule has 2 aromatic rings. The second-order valence-electron chi connectivity index (χ2n) is 4.40. The van der Waals surface area contributed by atoms with Crippen LogP contribution < -0.4 is 4.74 Å². The molecule has 0 saturated heterocycles. The number of aliphatic hydroxyl groups is 1. The highest BCUT2D eigenvalue weighted by molar-refractivity contribution is 5.53. The fourth-order valence-electron chi connectivity index (χ4n) is 1.88. The Hall–Kier alpha value is -2.40. The van der Waals surface area contributed by atoms with Crippen molar-refractivity contribution in [3.63, 3.8) is 0 Å². The molecule has 5 heteroatoms. The van der Waals surface area contributed by atoms with Crippen LogP contribution >= 0.6 is 0 Å². The number of para-hydroxylation sites is 1. The molecule has 0 atom stereocenters. The Labute approximate surface area is 116 Å². The third-order valence-electron chi connectivity index (χ3n) is 2.93. The Kier molecular flexibility index (Phi) is 4.32. The average molecular weight is 273 g/mol. The van der Waals surface area contributed by atoms with Gasteiger partial charge in [0.05, 0.1) is 4.92 Å². The summed E-state index contributed by atoms with van der Waals surface area (Å²) in [6, 6.07) is 11.9. The molecule has 20 heavy (non-hydrogen) atoms. The van der Waals surface area contributed by atoms with Gasteiger partial charge in [-0.3, -0.25) is 10.1 Å². The van der Waals surface area contributed by atoms with E-state index in [1.165, 1.54) is 6.07 Å². The van der Waals surface area contributed by atoms with E-state index < -0.39 is 4.92 Å². The molecule has 0 amide bonds. The largest absolute Gasteiger partial charge is 0.450 e. The molecule has 0 aromatic heterocycles. The molecule has 0 heterocycles. The molecule has 2 aromatic carbocycles. The summed E-state index contributed by atoms with van der Waals surface area (Å²) in [5.74, 6) is 0.788. The summed E-state index contributed by atoms with van der Waals surface area (Å²) in [5, 5.41) is 19.9. The molecule has 0 fully saturated rings. The lowest BCUT2D eigenvalue weighted by molar-refractivity contribution is -0.385. The number of ether oxygens (including phenoxy) is 1. The molecule has 0 saturated carbocycles. The lowest BCUT2D eigenvalue weighted by atomic mass is 10.1. The monoisotopic (exact) mass is 273 g/mol. The van der Waals surface area contributed by atoms with Crippen LogP contribution in [0.3, 0.4) is 0 Å². The van der Waals surface area contributed by atoms with Gasteiger partial charge in [0, 0.05) is 12.7 Å². The van der Waals surface area contributed by atoms with Crippen molar-refractivity contribution in [1.82, 2.24) is 0 Å². The van der Waals surface area contributed by atoms with Gasteiger partial charge in [0.15, 0.2) is 0 Å². The van der Waals surface area contributed by atoms with Gasteiger partial charge in [0.2, 0.25) is 5.75 Å². The summed E-state index contributed by atoms with van der Waals surface area (Å²) in [6.45, 7) is 1.85. The van der Waals surface area contributed by atoms with Crippen LogP contribution in [0.25, 0.3) is 0 Å². The maximum atomic E-state index is 11.0. The second kappa shape index (κ2) is 6.16. The van der Waals surface area contributed by atoms with E-state index in [2.05, 4.69) is 0 Å². The number of aliphatic hydroxyl groups excluding tert-OH is 1. The molecule has 5 nitrogen and oxygen atoms in total. The summed E-state index contributed by atoms with van der Waals surface area (Å²) in [7, 11) is 0. The van der Waals surface area contributed by atoms with Gasteiger partial charge in [-0.15, -0.1) is 0 Å². The van der Waals surface area contributed by atoms with Gasteiger partial charge >= 0.3 is 5.69 Å². The van der Waals surface area contributed by atoms with Crippen molar-refractivity contribution < 1.29 is 14.8 Å². The predicted molar refractivity (Wildman–Crippen MR) is 75.1 cm³/mol. The first kappa shape index (κ1) is 14.0. The van der Waals surface area contributed by atoms with Gasteiger partial charge in [-0.1, -0.05) is 24.3 Å². The van der Waals surface area contributed by atoms with Crippen molar-refractivity contribution in [2.75, 3.05) is 6.61 Å². The summed E-state index contributed by atoms with van der Waals surface area (Å²) >= 11 is 0. The number of nitro benzene ring substituents is 1. The van der Waals surface area contributed by atoms with Crippen LogP contribution in [0.1, 0.15) is 11.1 Å². The molecule has 0 radical (unpaired) electrons. The third kappa shape index (κ3) is 3.13. The normalized spacial score (nSPS) is 10.3. The van der Waals surface area contributed by atoms with E-state index in [-0.39, 0.29) is 18.0 Å². The zero-order valence-corrected chi connectivity index (χ0v) is 11.1. The summed E-state index contributed by atoms with van der Waals surface area (Å²) in [4.78, 5) is 10.5. The summed E-state index contributed by atoms with van der Waals surface area (Å²) in [6.07, 6.45) is 0.574. The fourth-order valence-corrected chi connectivity index (χ4v) is 1.88. The van der Waals surface area contributed by atoms with Crippen molar-refractivity contribution >= 4 is 5.69 Å². The first-order valence-corrected chi connectivity index (χ1v) is 6.23. The number of nitrogens with zero attached hydrogens (tertiary/aromatic N) is 1. The minimum atomic E-state index is -0.456. The van der Waals surface area contributed by atoms with Crippen LogP contribution in [-0.2, 0) is 6.42 Å². The van der Waals surface area contributed by atoms with Crippen LogP contribution in [0, 0.1) is 17.0 Å². The SMILES string of the molecule is Cc1cccc([N+](=O)[O-])c1Oc1ccc(CCO)cc1. The summed E-state index contributed by atoms with van der Waals surface area (Å²) < 4.78 is 5.63. The van der Waals surface area contributed by atoms with E-state index in [0.717, 1.165) is 5.56 Å². The van der Waals surface area contributed by atoms with Gasteiger partial charge in [-0.2, -0.15) is 0 Å². The fraction of sp³-hybridized carbons (Fsp3) is 0.200. The standard InChI is InChI=1S/C15H15NO4/c1-11-3-2-4-14(16(18)19)15(11)20-13-7-5-12(6-8-13)9-10-17/h2-8,17H,9-10H2,1H3. The molecule has 0 spiro atoms. The molecule has 104 valence electrons. The minimum absolute atomic E-state index is 0.0514. The predicted octanol–water partition coefficient (Wildman–Crippen LogP) is 3.23. The first-order chi connectivity index (χ1) is 9.61. The Morgan fingerprint density at radius 3 is 2.50 bits per heavy atom. The van der Waals surface area contributed by atoms with Crippen LogP contribution in [-0.4, -0.2) is 16.6 Å². The van der Waals surface area contributed by atoms with Crippen molar-refractivity contribution in [2.45, 2.75) is 13.3 Å². The first-order valence-electron chi connectivity index (χ1n) is 6.23. The van der Waals surface area contributed by atoms with Crippen LogP contribution in [0.15, 0.2) is 42.5 Å². The van der Waals surface area contributed by atoms with E-state index in [1.54, 1.807) is 31.2 Å². The summed E-state index contributed by atoms with van der Waals surface area (Å²) in [5.41, 5.74) is 1.64. The van der Waals surface area contributed by atoms with E-state index in [9.17, 15) is 10.1 Å². The zero-order chi connectivity index (χ0) is 14.5. The molecule has 2 rings (SSSR count). The lowest BCUT2D eigenvalue weighted by Gasteiger charge is -2.09. The van der Waals surface area contributed by atoms with E-state index in [4.69, 9.17) is 9.84 Å². The average Bonchev–Trinajstić information content (AvgIpc) is 2.43. The molecular formula is C15H15NO4. The molecule has 0 unspecified atom stereocenters.